The van der Waals surface area contributed by atoms with Crippen LogP contribution in [-0.4, -0.2) is 76.3 Å². The molecule has 1 saturated heterocycles. The number of rotatable bonds is 5. The minimum Gasteiger partial charge on any atom is -0.480 e. The number of carbonyl (C=O) groups is 2. The largest absolute Gasteiger partial charge is 0.480 e. The van der Waals surface area contributed by atoms with Gasteiger partial charge in [0.2, 0.25) is 0 Å². The van der Waals surface area contributed by atoms with Gasteiger partial charge in [0, 0.05) is 44.5 Å². The van der Waals surface area contributed by atoms with Crippen LogP contribution in [0.3, 0.4) is 0 Å². The number of hydrazine groups is 1. The summed E-state index contributed by atoms with van der Waals surface area (Å²) in [4.78, 5) is 31.9. The van der Waals surface area contributed by atoms with Gasteiger partial charge < -0.3 is 20.3 Å². The van der Waals surface area contributed by atoms with Crippen LogP contribution in [0.25, 0.3) is 0 Å². The highest BCUT2D eigenvalue weighted by Gasteiger charge is 2.22. The van der Waals surface area contributed by atoms with Gasteiger partial charge in [-0.25, -0.2) is 19.6 Å². The van der Waals surface area contributed by atoms with E-state index in [1.807, 2.05) is 7.05 Å². The SMILES string of the molecule is CN1CCN(NC(=O)N[C@@H](Cc2cnc[nH]2)C(=O)O)CC1. The zero-order valence-electron chi connectivity index (χ0n) is 11.9. The highest BCUT2D eigenvalue weighted by Crippen LogP contribution is 2.00. The number of piperazine rings is 1. The third kappa shape index (κ3) is 4.72. The molecule has 1 aliphatic rings. The van der Waals surface area contributed by atoms with E-state index in [-0.39, 0.29) is 6.42 Å². The van der Waals surface area contributed by atoms with E-state index in [4.69, 9.17) is 5.11 Å². The number of carboxylic acids is 1. The first kappa shape index (κ1) is 15.3. The van der Waals surface area contributed by atoms with E-state index in [1.54, 1.807) is 5.01 Å². The number of amides is 2. The Labute approximate surface area is 122 Å². The molecule has 0 spiro atoms. The van der Waals surface area contributed by atoms with E-state index in [0.717, 1.165) is 13.1 Å². The second-order valence-electron chi connectivity index (χ2n) is 5.05. The zero-order valence-corrected chi connectivity index (χ0v) is 11.9. The van der Waals surface area contributed by atoms with Crippen molar-refractivity contribution in [2.75, 3.05) is 33.2 Å². The minimum atomic E-state index is -1.09. The van der Waals surface area contributed by atoms with Crippen molar-refractivity contribution in [1.82, 2.24) is 30.6 Å². The summed E-state index contributed by atoms with van der Waals surface area (Å²) >= 11 is 0. The molecule has 116 valence electrons. The number of hydrogen-bond donors (Lipinski definition) is 4. The Morgan fingerprint density at radius 3 is 2.71 bits per heavy atom. The van der Waals surface area contributed by atoms with Crippen molar-refractivity contribution in [3.8, 4) is 0 Å². The summed E-state index contributed by atoms with van der Waals surface area (Å²) in [6.45, 7) is 3.14. The molecule has 0 aromatic carbocycles. The van der Waals surface area contributed by atoms with Gasteiger partial charge in [0.1, 0.15) is 6.04 Å². The van der Waals surface area contributed by atoms with Gasteiger partial charge >= 0.3 is 12.0 Å². The Kier molecular flexibility index (Phi) is 5.12. The molecular weight excluding hydrogens is 276 g/mol. The second-order valence-corrected chi connectivity index (χ2v) is 5.05. The van der Waals surface area contributed by atoms with Crippen LogP contribution in [0, 0.1) is 0 Å². The highest BCUT2D eigenvalue weighted by molar-refractivity contribution is 5.82. The lowest BCUT2D eigenvalue weighted by Crippen LogP contribution is -2.57. The number of H-pyrrole nitrogens is 1. The summed E-state index contributed by atoms with van der Waals surface area (Å²) in [5.74, 6) is -1.09. The number of nitrogens with one attached hydrogen (secondary N) is 3. The Balaban J connectivity index is 1.82. The quantitative estimate of drug-likeness (QED) is 0.546. The molecule has 9 nitrogen and oxygen atoms in total. The topological polar surface area (TPSA) is 114 Å². The van der Waals surface area contributed by atoms with Gasteiger partial charge in [0.25, 0.3) is 0 Å². The van der Waals surface area contributed by atoms with E-state index in [1.165, 1.54) is 12.5 Å². The van der Waals surface area contributed by atoms with Gasteiger partial charge in [-0.2, -0.15) is 0 Å². The fourth-order valence-corrected chi connectivity index (χ4v) is 2.07. The average molecular weight is 296 g/mol. The lowest BCUT2D eigenvalue weighted by Gasteiger charge is -2.32. The Hall–Kier alpha value is -2.13. The van der Waals surface area contributed by atoms with Crippen molar-refractivity contribution in [3.63, 3.8) is 0 Å². The fourth-order valence-electron chi connectivity index (χ4n) is 2.07. The summed E-state index contributed by atoms with van der Waals surface area (Å²) < 4.78 is 0. The number of aromatic amines is 1. The third-order valence-electron chi connectivity index (χ3n) is 3.35. The fraction of sp³-hybridized carbons (Fsp3) is 0.583. The second kappa shape index (κ2) is 7.04. The van der Waals surface area contributed by atoms with Crippen LogP contribution in [0.15, 0.2) is 12.5 Å². The predicted molar refractivity (Wildman–Crippen MR) is 74.5 cm³/mol. The van der Waals surface area contributed by atoms with Crippen molar-refractivity contribution in [1.29, 1.82) is 0 Å². The van der Waals surface area contributed by atoms with Gasteiger partial charge in [-0.1, -0.05) is 0 Å². The number of likely N-dealkylation sites (N-methyl/N-ethyl adjacent to an activating group) is 1. The first-order chi connectivity index (χ1) is 10.0. The van der Waals surface area contributed by atoms with Crippen LogP contribution in [0.4, 0.5) is 4.79 Å². The molecule has 1 fully saturated rings. The molecule has 2 heterocycles. The van der Waals surface area contributed by atoms with E-state index in [2.05, 4.69) is 25.6 Å². The summed E-state index contributed by atoms with van der Waals surface area (Å²) in [6, 6.07) is -1.51. The van der Waals surface area contributed by atoms with Crippen molar-refractivity contribution in [2.24, 2.45) is 0 Å². The van der Waals surface area contributed by atoms with Crippen LogP contribution in [0.1, 0.15) is 5.69 Å². The predicted octanol–water partition coefficient (Wildman–Crippen LogP) is -1.13. The number of urea groups is 1. The highest BCUT2D eigenvalue weighted by atomic mass is 16.4. The van der Waals surface area contributed by atoms with Crippen LogP contribution < -0.4 is 10.7 Å². The molecule has 2 amide bonds. The lowest BCUT2D eigenvalue weighted by molar-refractivity contribution is -0.139. The van der Waals surface area contributed by atoms with Crippen LogP contribution in [0.5, 0.6) is 0 Å². The Bertz CT molecular complexity index is 469. The molecule has 2 rings (SSSR count). The maximum Gasteiger partial charge on any atom is 0.330 e. The molecule has 0 unspecified atom stereocenters. The minimum absolute atomic E-state index is 0.158. The Morgan fingerprint density at radius 2 is 2.14 bits per heavy atom. The molecule has 9 heteroatoms. The maximum absolute atomic E-state index is 11.9. The molecule has 0 bridgehead atoms. The van der Waals surface area contributed by atoms with E-state index < -0.39 is 18.0 Å². The molecule has 0 radical (unpaired) electrons. The number of carbonyl (C=O) groups excluding carboxylic acids is 1. The number of aliphatic carboxylic acids is 1. The lowest BCUT2D eigenvalue weighted by atomic mass is 10.2. The molecule has 21 heavy (non-hydrogen) atoms. The van der Waals surface area contributed by atoms with Crippen molar-refractivity contribution >= 4 is 12.0 Å². The smallest absolute Gasteiger partial charge is 0.330 e. The summed E-state index contributed by atoms with van der Waals surface area (Å²) in [6.07, 6.45) is 3.17. The maximum atomic E-state index is 11.9. The first-order valence-corrected chi connectivity index (χ1v) is 6.75. The van der Waals surface area contributed by atoms with Gasteiger partial charge in [0.15, 0.2) is 0 Å². The number of hydrogen-bond acceptors (Lipinski definition) is 5. The molecule has 1 aromatic heterocycles. The molecule has 1 atom stereocenters. The number of nitrogens with zero attached hydrogens (tertiary/aromatic N) is 3. The molecule has 0 saturated carbocycles. The number of carboxylic acid groups (broad SMARTS) is 1. The molecule has 1 aromatic rings. The molecular formula is C12H20N6O3. The summed E-state index contributed by atoms with van der Waals surface area (Å²) in [5.41, 5.74) is 3.33. The van der Waals surface area contributed by atoms with Crippen molar-refractivity contribution in [2.45, 2.75) is 12.5 Å². The van der Waals surface area contributed by atoms with Crippen molar-refractivity contribution in [3.05, 3.63) is 18.2 Å². The van der Waals surface area contributed by atoms with E-state index in [9.17, 15) is 9.59 Å². The van der Waals surface area contributed by atoms with Gasteiger partial charge in [-0.3, -0.25) is 5.43 Å². The third-order valence-corrected chi connectivity index (χ3v) is 3.35. The number of aromatic nitrogens is 2. The summed E-state index contributed by atoms with van der Waals surface area (Å²) in [7, 11) is 2.02. The standard InChI is InChI=1S/C12H20N6O3/c1-17-2-4-18(5-3-17)16-12(21)15-10(11(19)20)6-9-7-13-8-14-9/h7-8,10H,2-6H2,1H3,(H,13,14)(H,19,20)(H2,15,16,21)/t10-/m0/s1. The first-order valence-electron chi connectivity index (χ1n) is 6.75. The van der Waals surface area contributed by atoms with Crippen molar-refractivity contribution < 1.29 is 14.7 Å². The molecule has 1 aliphatic heterocycles. The summed E-state index contributed by atoms with van der Waals surface area (Å²) in [5, 5.41) is 13.4. The number of imidazole rings is 1. The zero-order chi connectivity index (χ0) is 15.2. The van der Waals surface area contributed by atoms with Gasteiger partial charge in [-0.05, 0) is 7.05 Å². The van der Waals surface area contributed by atoms with E-state index in [0.29, 0.717) is 18.8 Å². The normalized spacial score (nSPS) is 18.1. The Morgan fingerprint density at radius 1 is 1.43 bits per heavy atom. The van der Waals surface area contributed by atoms with Gasteiger partial charge in [-0.15, -0.1) is 0 Å². The molecule has 4 N–H and O–H groups in total. The van der Waals surface area contributed by atoms with Crippen LogP contribution >= 0.6 is 0 Å². The van der Waals surface area contributed by atoms with E-state index >= 15 is 0 Å². The van der Waals surface area contributed by atoms with Crippen LogP contribution in [0.2, 0.25) is 0 Å². The van der Waals surface area contributed by atoms with Crippen LogP contribution in [-0.2, 0) is 11.2 Å². The monoisotopic (exact) mass is 296 g/mol. The average Bonchev–Trinajstić information content (AvgIpc) is 2.93. The van der Waals surface area contributed by atoms with Gasteiger partial charge in [0.05, 0.1) is 6.33 Å². The molecule has 0 aliphatic carbocycles.